The van der Waals surface area contributed by atoms with Crippen molar-refractivity contribution in [1.82, 2.24) is 0 Å². The molecular formula is C10H12N2O5. The number of primary amides is 1. The van der Waals surface area contributed by atoms with E-state index in [0.29, 0.717) is 5.56 Å². The Labute approximate surface area is 96.6 Å². The van der Waals surface area contributed by atoms with Crippen molar-refractivity contribution in [3.63, 3.8) is 0 Å². The lowest BCUT2D eigenvalue weighted by Gasteiger charge is -2.15. The summed E-state index contributed by atoms with van der Waals surface area (Å²) in [5.41, 5.74) is 4.67. The van der Waals surface area contributed by atoms with Gasteiger partial charge in [0.15, 0.2) is 6.10 Å². The van der Waals surface area contributed by atoms with Crippen LogP contribution in [0.4, 0.5) is 5.69 Å². The molecule has 0 spiro atoms. The summed E-state index contributed by atoms with van der Waals surface area (Å²) in [6, 6.07) is 4.24. The third-order valence-corrected chi connectivity index (χ3v) is 2.36. The molecule has 17 heavy (non-hydrogen) atoms. The van der Waals surface area contributed by atoms with Crippen molar-refractivity contribution in [1.29, 1.82) is 0 Å². The maximum Gasteiger partial charge on any atom is 0.278 e. The van der Waals surface area contributed by atoms with Crippen LogP contribution >= 0.6 is 0 Å². The van der Waals surface area contributed by atoms with E-state index < -0.39 is 23.0 Å². The van der Waals surface area contributed by atoms with Gasteiger partial charge in [0, 0.05) is 5.56 Å². The molecular weight excluding hydrogens is 228 g/mol. The van der Waals surface area contributed by atoms with Gasteiger partial charge in [-0.1, -0.05) is 12.1 Å². The Morgan fingerprint density at radius 2 is 2.06 bits per heavy atom. The molecule has 1 aromatic carbocycles. The summed E-state index contributed by atoms with van der Waals surface area (Å²) < 4.78 is 0. The number of benzene rings is 1. The summed E-state index contributed by atoms with van der Waals surface area (Å²) in [6.07, 6.45) is -3.59. The van der Waals surface area contributed by atoms with Crippen LogP contribution in [-0.2, 0) is 4.79 Å². The fourth-order valence-corrected chi connectivity index (χ4v) is 1.50. The van der Waals surface area contributed by atoms with Crippen molar-refractivity contribution in [2.45, 2.75) is 19.1 Å². The van der Waals surface area contributed by atoms with Crippen molar-refractivity contribution in [2.24, 2.45) is 5.73 Å². The Kier molecular flexibility index (Phi) is 3.77. The highest BCUT2D eigenvalue weighted by molar-refractivity contribution is 5.79. The van der Waals surface area contributed by atoms with Crippen LogP contribution in [0.1, 0.15) is 17.2 Å². The van der Waals surface area contributed by atoms with Crippen LogP contribution in [0.5, 0.6) is 0 Å². The Bertz CT molecular complexity index is 460. The van der Waals surface area contributed by atoms with E-state index in [9.17, 15) is 25.1 Å². The molecule has 0 fully saturated rings. The first-order chi connectivity index (χ1) is 7.86. The number of aryl methyl sites for hydroxylation is 1. The predicted octanol–water partition coefficient (Wildman–Crippen LogP) is -0.217. The summed E-state index contributed by atoms with van der Waals surface area (Å²) in [4.78, 5) is 20.9. The third-order valence-electron chi connectivity index (χ3n) is 2.36. The van der Waals surface area contributed by atoms with Gasteiger partial charge in [0.1, 0.15) is 6.10 Å². The van der Waals surface area contributed by atoms with Crippen molar-refractivity contribution < 1.29 is 19.9 Å². The number of rotatable bonds is 4. The minimum absolute atomic E-state index is 0.138. The first-order valence-electron chi connectivity index (χ1n) is 4.75. The van der Waals surface area contributed by atoms with E-state index >= 15 is 0 Å². The number of amides is 1. The molecule has 1 rings (SSSR count). The molecule has 0 saturated carbocycles. The zero-order valence-electron chi connectivity index (χ0n) is 9.03. The number of hydrogen-bond acceptors (Lipinski definition) is 5. The van der Waals surface area contributed by atoms with Crippen LogP contribution in [0.2, 0.25) is 0 Å². The zero-order valence-corrected chi connectivity index (χ0v) is 9.03. The molecule has 0 aromatic heterocycles. The molecule has 2 unspecified atom stereocenters. The smallest absolute Gasteiger partial charge is 0.278 e. The van der Waals surface area contributed by atoms with Crippen LogP contribution in [0.25, 0.3) is 0 Å². The zero-order chi connectivity index (χ0) is 13.2. The second-order valence-electron chi connectivity index (χ2n) is 3.56. The lowest BCUT2D eigenvalue weighted by molar-refractivity contribution is -0.386. The summed E-state index contributed by atoms with van der Waals surface area (Å²) >= 11 is 0. The maximum atomic E-state index is 10.8. The van der Waals surface area contributed by atoms with Gasteiger partial charge in [0.2, 0.25) is 5.91 Å². The molecule has 0 heterocycles. The molecule has 0 aliphatic heterocycles. The summed E-state index contributed by atoms with van der Waals surface area (Å²) in [5, 5.41) is 29.8. The second-order valence-corrected chi connectivity index (χ2v) is 3.56. The van der Waals surface area contributed by atoms with E-state index in [4.69, 9.17) is 5.73 Å². The van der Waals surface area contributed by atoms with Gasteiger partial charge in [-0.2, -0.15) is 0 Å². The van der Waals surface area contributed by atoms with Gasteiger partial charge in [-0.15, -0.1) is 0 Å². The van der Waals surface area contributed by atoms with Crippen molar-refractivity contribution in [3.05, 3.63) is 39.4 Å². The monoisotopic (exact) mass is 240 g/mol. The highest BCUT2D eigenvalue weighted by Gasteiger charge is 2.30. The van der Waals surface area contributed by atoms with Crippen LogP contribution in [-0.4, -0.2) is 27.1 Å². The van der Waals surface area contributed by atoms with Crippen molar-refractivity contribution in [2.75, 3.05) is 0 Å². The Balaban J connectivity index is 3.26. The summed E-state index contributed by atoms with van der Waals surface area (Å²) in [7, 11) is 0. The molecule has 7 nitrogen and oxygen atoms in total. The molecule has 0 saturated heterocycles. The van der Waals surface area contributed by atoms with Crippen LogP contribution in [0, 0.1) is 17.0 Å². The molecule has 0 radical (unpaired) electrons. The normalized spacial score (nSPS) is 14.1. The highest BCUT2D eigenvalue weighted by Crippen LogP contribution is 2.30. The first kappa shape index (κ1) is 13.1. The number of hydrogen-bond donors (Lipinski definition) is 3. The molecule has 0 aliphatic rings. The fraction of sp³-hybridized carbons (Fsp3) is 0.300. The Morgan fingerprint density at radius 3 is 2.53 bits per heavy atom. The molecule has 2 atom stereocenters. The summed E-state index contributed by atoms with van der Waals surface area (Å²) in [6.45, 7) is 1.49. The lowest BCUT2D eigenvalue weighted by Crippen LogP contribution is -2.34. The minimum atomic E-state index is -1.88. The van der Waals surface area contributed by atoms with E-state index in [0.717, 1.165) is 0 Å². The van der Waals surface area contributed by atoms with Gasteiger partial charge in [0.05, 0.1) is 10.5 Å². The number of para-hydroxylation sites is 1. The molecule has 4 N–H and O–H groups in total. The topological polar surface area (TPSA) is 127 Å². The van der Waals surface area contributed by atoms with Gasteiger partial charge in [0.25, 0.3) is 5.69 Å². The lowest BCUT2D eigenvalue weighted by atomic mass is 9.99. The van der Waals surface area contributed by atoms with Crippen molar-refractivity contribution in [3.8, 4) is 0 Å². The Morgan fingerprint density at radius 1 is 1.47 bits per heavy atom. The van der Waals surface area contributed by atoms with Crippen molar-refractivity contribution >= 4 is 11.6 Å². The van der Waals surface area contributed by atoms with Gasteiger partial charge in [-0.05, 0) is 13.0 Å². The van der Waals surface area contributed by atoms with E-state index in [2.05, 4.69) is 0 Å². The van der Waals surface area contributed by atoms with Gasteiger partial charge >= 0.3 is 0 Å². The number of nitrogens with two attached hydrogens (primary N) is 1. The van der Waals surface area contributed by atoms with E-state index in [1.165, 1.54) is 25.1 Å². The summed E-state index contributed by atoms with van der Waals surface area (Å²) in [5.74, 6) is -1.15. The molecule has 1 amide bonds. The molecule has 1 aromatic rings. The van der Waals surface area contributed by atoms with Crippen LogP contribution < -0.4 is 5.73 Å². The maximum absolute atomic E-state index is 10.8. The SMILES string of the molecule is Cc1cccc(C(O)C(O)C(N)=O)c1[N+](=O)[O-]. The predicted molar refractivity (Wildman–Crippen MR) is 58.0 cm³/mol. The number of aliphatic hydroxyl groups excluding tert-OH is 2. The number of carbonyl (C=O) groups is 1. The Hall–Kier alpha value is -1.99. The van der Waals surface area contributed by atoms with E-state index in [-0.39, 0.29) is 11.3 Å². The number of carbonyl (C=O) groups excluding carboxylic acids is 1. The molecule has 0 bridgehead atoms. The van der Waals surface area contributed by atoms with Gasteiger partial charge in [-0.3, -0.25) is 14.9 Å². The minimum Gasteiger partial charge on any atom is -0.385 e. The standard InChI is InChI=1S/C10H12N2O5/c1-5-3-2-4-6(7(5)12(16)17)8(13)9(14)10(11)15/h2-4,8-9,13-14H,1H3,(H2,11,15). The first-order valence-corrected chi connectivity index (χ1v) is 4.75. The van der Waals surface area contributed by atoms with Gasteiger partial charge in [-0.25, -0.2) is 0 Å². The molecule has 0 aliphatic carbocycles. The largest absolute Gasteiger partial charge is 0.385 e. The average molecular weight is 240 g/mol. The quantitative estimate of drug-likeness (QED) is 0.495. The average Bonchev–Trinajstić information content (AvgIpc) is 2.25. The number of nitrogens with zero attached hydrogens (tertiary/aromatic N) is 1. The van der Waals surface area contributed by atoms with Gasteiger partial charge < -0.3 is 15.9 Å². The molecule has 7 heteroatoms. The highest BCUT2D eigenvalue weighted by atomic mass is 16.6. The number of nitro groups is 1. The fourth-order valence-electron chi connectivity index (χ4n) is 1.50. The van der Waals surface area contributed by atoms with E-state index in [1.807, 2.05) is 0 Å². The van der Waals surface area contributed by atoms with Crippen LogP contribution in [0.15, 0.2) is 18.2 Å². The second kappa shape index (κ2) is 4.89. The number of aliphatic hydroxyl groups is 2. The van der Waals surface area contributed by atoms with Crippen LogP contribution in [0.3, 0.4) is 0 Å². The number of nitro benzene ring substituents is 1. The van der Waals surface area contributed by atoms with E-state index in [1.54, 1.807) is 0 Å². The molecule has 92 valence electrons. The third kappa shape index (κ3) is 2.58.